The SMILES string of the molecule is CC(=O)O[C@H]1[C@@H]2[C@H]([C@H](C)[C@H]3O[C@]34OC(=O)[C@@](C)(O)[C@]24C)[C@@]2(C)[C@@H](OC(C)=O)CC3C([C@@H](O)[C@@H](N)[C@H]4C[C@@H]5O[C@@H]5[C@H](OC(=O)CC(C)C)[C@]34C)[C@H]12. The first-order chi connectivity index (χ1) is 23.2. The normalized spacial score (nSPS) is 57.8. The highest BCUT2D eigenvalue weighted by atomic mass is 16.8. The zero-order valence-corrected chi connectivity index (χ0v) is 30.4. The van der Waals surface area contributed by atoms with E-state index in [1.807, 2.05) is 27.7 Å². The molecule has 5 saturated carbocycles. The molecule has 5 aliphatic carbocycles. The molecule has 278 valence electrons. The molecular weight excluding hydrogens is 650 g/mol. The van der Waals surface area contributed by atoms with Crippen molar-refractivity contribution in [2.45, 2.75) is 142 Å². The van der Waals surface area contributed by atoms with Gasteiger partial charge in [0.1, 0.15) is 30.5 Å². The van der Waals surface area contributed by atoms with Gasteiger partial charge in [-0.2, -0.15) is 0 Å². The fraction of sp³-hybridized carbons (Fsp3) is 0.892. The van der Waals surface area contributed by atoms with E-state index in [2.05, 4.69) is 6.92 Å². The van der Waals surface area contributed by atoms with Crippen molar-refractivity contribution >= 4 is 23.9 Å². The third-order valence-corrected chi connectivity index (χ3v) is 15.6. The highest BCUT2D eigenvalue weighted by Crippen LogP contribution is 2.81. The van der Waals surface area contributed by atoms with Gasteiger partial charge in [-0.15, -0.1) is 0 Å². The maximum absolute atomic E-state index is 13.4. The van der Waals surface area contributed by atoms with Crippen LogP contribution in [0.15, 0.2) is 0 Å². The van der Waals surface area contributed by atoms with Crippen LogP contribution in [-0.4, -0.2) is 94.2 Å². The average molecular weight is 704 g/mol. The van der Waals surface area contributed by atoms with Crippen molar-refractivity contribution in [3.63, 3.8) is 0 Å². The topological polar surface area (TPSA) is 197 Å². The maximum atomic E-state index is 13.4. The van der Waals surface area contributed by atoms with E-state index in [0.717, 1.165) is 0 Å². The van der Waals surface area contributed by atoms with Gasteiger partial charge in [0, 0.05) is 49.0 Å². The van der Waals surface area contributed by atoms with Gasteiger partial charge in [0.05, 0.1) is 17.6 Å². The van der Waals surface area contributed by atoms with Gasteiger partial charge < -0.3 is 44.4 Å². The lowest BCUT2D eigenvalue weighted by Crippen LogP contribution is -2.72. The Morgan fingerprint density at radius 3 is 2.24 bits per heavy atom. The molecule has 0 amide bonds. The summed E-state index contributed by atoms with van der Waals surface area (Å²) in [5.41, 5.74) is 1.94. The lowest BCUT2D eigenvalue weighted by molar-refractivity contribution is -0.247. The minimum atomic E-state index is -2.01. The molecule has 3 saturated heterocycles. The molecule has 13 nitrogen and oxygen atoms in total. The van der Waals surface area contributed by atoms with Gasteiger partial charge in [0.25, 0.3) is 0 Å². The van der Waals surface area contributed by atoms with Crippen LogP contribution in [0.1, 0.15) is 81.6 Å². The second-order valence-corrected chi connectivity index (χ2v) is 18.2. The quantitative estimate of drug-likeness (QED) is 0.213. The van der Waals surface area contributed by atoms with Crippen LogP contribution in [0.5, 0.6) is 0 Å². The van der Waals surface area contributed by atoms with E-state index in [1.54, 1.807) is 6.92 Å². The van der Waals surface area contributed by atoms with E-state index in [0.29, 0.717) is 12.8 Å². The standard InChI is InChI=1S/C37H53NO12/c1-13(2)10-21(41)48-31-28-19(47-28)11-18-26(38)27(42)22-17(33(18,31)6)12-20(45-15(4)39)34(7)23-14(3)30-37(49-30)35(8,36(9,44)32(43)50-37)25(23)29(24(22)34)46-16(5)40/h13-14,17-20,22-31,42,44H,10-12,38H2,1-9H3/t14-,17?,18+,19-,20-,22?,23-,24+,25-,26-,27+,28-,29+,30+,31-,33+,34+,35-,36+,37-/m0/s1. The Kier molecular flexibility index (Phi) is 7.24. The highest BCUT2D eigenvalue weighted by Gasteiger charge is 2.93. The molecule has 3 heterocycles. The molecule has 0 radical (unpaired) electrons. The van der Waals surface area contributed by atoms with Crippen LogP contribution < -0.4 is 5.73 Å². The summed E-state index contributed by atoms with van der Waals surface area (Å²) in [4.78, 5) is 52.9. The van der Waals surface area contributed by atoms with Crippen molar-refractivity contribution in [1.82, 2.24) is 0 Å². The summed E-state index contributed by atoms with van der Waals surface area (Å²) in [6, 6.07) is -0.733. The van der Waals surface area contributed by atoms with Gasteiger partial charge in [-0.05, 0) is 62.2 Å². The number of aliphatic hydroxyl groups excluding tert-OH is 1. The largest absolute Gasteiger partial charge is 0.462 e. The fourth-order valence-electron chi connectivity index (χ4n) is 13.5. The first-order valence-electron chi connectivity index (χ1n) is 18.5. The zero-order chi connectivity index (χ0) is 36.4. The molecular formula is C37H53NO12. The van der Waals surface area contributed by atoms with Crippen LogP contribution in [0.3, 0.4) is 0 Å². The van der Waals surface area contributed by atoms with E-state index in [4.69, 9.17) is 34.2 Å². The van der Waals surface area contributed by atoms with Crippen molar-refractivity contribution < 1.29 is 57.8 Å². The summed E-state index contributed by atoms with van der Waals surface area (Å²) in [5.74, 6) is -6.89. The number of hydrogen-bond donors (Lipinski definition) is 3. The Bertz CT molecular complexity index is 1530. The van der Waals surface area contributed by atoms with Crippen LogP contribution in [0, 0.1) is 63.6 Å². The number of carbonyl (C=O) groups is 4. The molecule has 3 aliphatic heterocycles. The molecule has 8 aliphatic rings. The predicted octanol–water partition coefficient (Wildman–Crippen LogP) is 1.87. The number of aliphatic hydroxyl groups is 2. The van der Waals surface area contributed by atoms with Crippen LogP contribution in [0.4, 0.5) is 0 Å². The van der Waals surface area contributed by atoms with Crippen LogP contribution in [0.25, 0.3) is 0 Å². The highest BCUT2D eigenvalue weighted by molar-refractivity contribution is 5.84. The summed E-state index contributed by atoms with van der Waals surface area (Å²) < 4.78 is 37.4. The number of ether oxygens (including phenoxy) is 6. The molecule has 8 rings (SSSR count). The van der Waals surface area contributed by atoms with E-state index < -0.39 is 112 Å². The monoisotopic (exact) mass is 703 g/mol. The van der Waals surface area contributed by atoms with E-state index >= 15 is 0 Å². The summed E-state index contributed by atoms with van der Waals surface area (Å²) in [6.45, 7) is 15.9. The summed E-state index contributed by atoms with van der Waals surface area (Å²) in [5, 5.41) is 24.5. The average Bonchev–Trinajstić information content (AvgIpc) is 3.90. The predicted molar refractivity (Wildman–Crippen MR) is 171 cm³/mol. The molecule has 0 bridgehead atoms. The lowest BCUT2D eigenvalue weighted by Gasteiger charge is -2.65. The smallest absolute Gasteiger partial charge is 0.341 e. The van der Waals surface area contributed by atoms with Crippen molar-refractivity contribution in [2.24, 2.45) is 69.3 Å². The second-order valence-electron chi connectivity index (χ2n) is 18.2. The molecule has 0 aromatic rings. The summed E-state index contributed by atoms with van der Waals surface area (Å²) in [7, 11) is 0. The Labute approximate surface area is 292 Å². The summed E-state index contributed by atoms with van der Waals surface area (Å²) >= 11 is 0. The van der Waals surface area contributed by atoms with Gasteiger partial charge in [0.15, 0.2) is 5.60 Å². The number of epoxide rings is 2. The lowest BCUT2D eigenvalue weighted by atomic mass is 9.41. The molecule has 50 heavy (non-hydrogen) atoms. The van der Waals surface area contributed by atoms with Crippen molar-refractivity contribution in [1.29, 1.82) is 0 Å². The molecule has 20 atom stereocenters. The minimum absolute atomic E-state index is 0.0781. The van der Waals surface area contributed by atoms with E-state index in [1.165, 1.54) is 20.8 Å². The molecule has 8 fully saturated rings. The van der Waals surface area contributed by atoms with Gasteiger partial charge in [0.2, 0.25) is 5.79 Å². The fourth-order valence-corrected chi connectivity index (χ4v) is 13.5. The molecule has 1 spiro atoms. The Morgan fingerprint density at radius 1 is 0.960 bits per heavy atom. The van der Waals surface area contributed by atoms with E-state index in [9.17, 15) is 29.4 Å². The summed E-state index contributed by atoms with van der Waals surface area (Å²) in [6.07, 6.45) is -3.31. The van der Waals surface area contributed by atoms with Gasteiger partial charge >= 0.3 is 23.9 Å². The van der Waals surface area contributed by atoms with E-state index in [-0.39, 0.29) is 42.4 Å². The zero-order valence-electron chi connectivity index (χ0n) is 30.4. The minimum Gasteiger partial charge on any atom is -0.462 e. The Hall–Kier alpha value is -2.32. The van der Waals surface area contributed by atoms with Crippen LogP contribution >= 0.6 is 0 Å². The number of fused-ring (bicyclic) bond motifs is 9. The number of nitrogens with two attached hydrogens (primary N) is 1. The van der Waals surface area contributed by atoms with Crippen molar-refractivity contribution in [3.05, 3.63) is 0 Å². The number of hydrogen-bond acceptors (Lipinski definition) is 13. The first-order valence-corrected chi connectivity index (χ1v) is 18.5. The number of esters is 4. The molecule has 0 aromatic heterocycles. The van der Waals surface area contributed by atoms with Crippen LogP contribution in [-0.2, 0) is 47.6 Å². The maximum Gasteiger partial charge on any atom is 0.341 e. The number of rotatable bonds is 5. The van der Waals surface area contributed by atoms with Crippen molar-refractivity contribution in [2.75, 3.05) is 0 Å². The molecule has 4 N–H and O–H groups in total. The van der Waals surface area contributed by atoms with Crippen LogP contribution in [0.2, 0.25) is 0 Å². The second kappa shape index (κ2) is 10.4. The molecule has 0 aromatic carbocycles. The van der Waals surface area contributed by atoms with Gasteiger partial charge in [-0.3, -0.25) is 14.4 Å². The Morgan fingerprint density at radius 2 is 1.62 bits per heavy atom. The van der Waals surface area contributed by atoms with Crippen molar-refractivity contribution in [3.8, 4) is 0 Å². The molecule has 2 unspecified atom stereocenters. The molecule has 13 heteroatoms. The third-order valence-electron chi connectivity index (χ3n) is 15.6. The first kappa shape index (κ1) is 34.7. The van der Waals surface area contributed by atoms with Gasteiger partial charge in [-0.25, -0.2) is 4.79 Å². The van der Waals surface area contributed by atoms with Gasteiger partial charge in [-0.1, -0.05) is 34.6 Å². The Balaban J connectivity index is 1.32. The number of carbonyl (C=O) groups excluding carboxylic acids is 4. The third kappa shape index (κ3) is 3.96.